The average Bonchev–Trinajstić information content (AvgIpc) is 2.86. The van der Waals surface area contributed by atoms with Crippen molar-refractivity contribution in [3.63, 3.8) is 0 Å². The SMILES string of the molecule is Cn1c(CN2CC3CCCC(N)C3C2)cc(=O)n(C)c1=O. The van der Waals surface area contributed by atoms with Crippen LogP contribution in [0.3, 0.4) is 0 Å². The van der Waals surface area contributed by atoms with Crippen molar-refractivity contribution in [1.29, 1.82) is 0 Å². The maximum absolute atomic E-state index is 12.0. The molecule has 6 heteroatoms. The molecule has 2 aliphatic rings. The normalized spacial score (nSPS) is 29.6. The Morgan fingerprint density at radius 3 is 2.67 bits per heavy atom. The molecule has 2 N–H and O–H groups in total. The summed E-state index contributed by atoms with van der Waals surface area (Å²) in [6.07, 6.45) is 3.60. The zero-order valence-electron chi connectivity index (χ0n) is 12.8. The van der Waals surface area contributed by atoms with Gasteiger partial charge >= 0.3 is 5.69 Å². The lowest BCUT2D eigenvalue weighted by molar-refractivity contribution is 0.259. The van der Waals surface area contributed by atoms with Gasteiger partial charge < -0.3 is 5.73 Å². The topological polar surface area (TPSA) is 73.3 Å². The van der Waals surface area contributed by atoms with Crippen molar-refractivity contribution in [2.24, 2.45) is 31.7 Å². The van der Waals surface area contributed by atoms with Crippen LogP contribution in [0.5, 0.6) is 0 Å². The molecule has 3 atom stereocenters. The number of likely N-dealkylation sites (tertiary alicyclic amines) is 1. The van der Waals surface area contributed by atoms with Crippen molar-refractivity contribution in [2.75, 3.05) is 13.1 Å². The Hall–Kier alpha value is -1.40. The third kappa shape index (κ3) is 2.58. The van der Waals surface area contributed by atoms with E-state index in [-0.39, 0.29) is 11.2 Å². The van der Waals surface area contributed by atoms with Gasteiger partial charge in [-0.1, -0.05) is 6.42 Å². The first-order valence-corrected chi connectivity index (χ1v) is 7.71. The fraction of sp³-hybridized carbons (Fsp3) is 0.733. The van der Waals surface area contributed by atoms with E-state index >= 15 is 0 Å². The predicted molar refractivity (Wildman–Crippen MR) is 81.0 cm³/mol. The molecule has 21 heavy (non-hydrogen) atoms. The molecule has 1 aromatic heterocycles. The zero-order chi connectivity index (χ0) is 15.1. The van der Waals surface area contributed by atoms with Crippen LogP contribution in [0.4, 0.5) is 0 Å². The number of hydrogen-bond acceptors (Lipinski definition) is 4. The van der Waals surface area contributed by atoms with Crippen LogP contribution in [0.25, 0.3) is 0 Å². The van der Waals surface area contributed by atoms with Gasteiger partial charge in [-0.3, -0.25) is 18.8 Å². The Morgan fingerprint density at radius 2 is 1.95 bits per heavy atom. The van der Waals surface area contributed by atoms with Gasteiger partial charge in [0, 0.05) is 51.5 Å². The first-order valence-electron chi connectivity index (χ1n) is 7.71. The van der Waals surface area contributed by atoms with E-state index in [2.05, 4.69) is 4.90 Å². The van der Waals surface area contributed by atoms with E-state index in [9.17, 15) is 9.59 Å². The van der Waals surface area contributed by atoms with Gasteiger partial charge in [-0.25, -0.2) is 4.79 Å². The maximum atomic E-state index is 12.0. The largest absolute Gasteiger partial charge is 0.330 e. The summed E-state index contributed by atoms with van der Waals surface area (Å²) >= 11 is 0. The molecule has 1 aliphatic carbocycles. The van der Waals surface area contributed by atoms with Gasteiger partial charge in [-0.2, -0.15) is 0 Å². The van der Waals surface area contributed by atoms with Gasteiger partial charge in [0.25, 0.3) is 5.56 Å². The number of aromatic nitrogens is 2. The van der Waals surface area contributed by atoms with Crippen LogP contribution < -0.4 is 17.0 Å². The average molecular weight is 292 g/mol. The van der Waals surface area contributed by atoms with Gasteiger partial charge in [-0.15, -0.1) is 0 Å². The molecule has 1 aliphatic heterocycles. The highest BCUT2D eigenvalue weighted by Gasteiger charge is 2.38. The van der Waals surface area contributed by atoms with Gasteiger partial charge in [0.2, 0.25) is 0 Å². The Labute approximate surface area is 124 Å². The molecular formula is C15H24N4O2. The molecule has 6 nitrogen and oxygen atoms in total. The Balaban J connectivity index is 1.79. The smallest absolute Gasteiger partial charge is 0.327 e. The molecule has 1 aromatic rings. The molecule has 0 bridgehead atoms. The van der Waals surface area contributed by atoms with Crippen LogP contribution in [0.15, 0.2) is 15.7 Å². The molecule has 0 amide bonds. The number of nitrogens with two attached hydrogens (primary N) is 1. The lowest BCUT2D eigenvalue weighted by Gasteiger charge is -2.29. The molecule has 116 valence electrons. The third-order valence-electron chi connectivity index (χ3n) is 5.24. The molecule has 1 saturated carbocycles. The summed E-state index contributed by atoms with van der Waals surface area (Å²) in [5.74, 6) is 1.25. The summed E-state index contributed by atoms with van der Waals surface area (Å²) in [6, 6.07) is 1.88. The minimum atomic E-state index is -0.259. The second kappa shape index (κ2) is 5.42. The van der Waals surface area contributed by atoms with Crippen LogP contribution in [-0.2, 0) is 20.6 Å². The predicted octanol–water partition coefficient (Wildman–Crippen LogP) is -0.357. The third-order valence-corrected chi connectivity index (χ3v) is 5.24. The van der Waals surface area contributed by atoms with Crippen molar-refractivity contribution >= 4 is 0 Å². The fourth-order valence-electron chi connectivity index (χ4n) is 3.90. The number of rotatable bonds is 2. The summed E-state index contributed by atoms with van der Waals surface area (Å²) in [6.45, 7) is 2.67. The second-order valence-corrected chi connectivity index (χ2v) is 6.59. The Bertz CT molecular complexity index is 648. The molecule has 3 unspecified atom stereocenters. The molecule has 2 heterocycles. The van der Waals surface area contributed by atoms with Crippen LogP contribution in [0.1, 0.15) is 25.0 Å². The number of hydrogen-bond donors (Lipinski definition) is 1. The molecule has 2 fully saturated rings. The van der Waals surface area contributed by atoms with E-state index in [0.717, 1.165) is 29.8 Å². The summed E-state index contributed by atoms with van der Waals surface area (Å²) in [5.41, 5.74) is 6.53. The summed E-state index contributed by atoms with van der Waals surface area (Å²) in [5, 5.41) is 0. The minimum Gasteiger partial charge on any atom is -0.327 e. The van der Waals surface area contributed by atoms with E-state index in [0.29, 0.717) is 24.4 Å². The monoisotopic (exact) mass is 292 g/mol. The van der Waals surface area contributed by atoms with Gasteiger partial charge in [0.15, 0.2) is 0 Å². The van der Waals surface area contributed by atoms with E-state index in [4.69, 9.17) is 5.73 Å². The standard InChI is InChI=1S/C15H24N4O2/c1-17-11(6-14(20)18(2)15(17)21)8-19-7-10-4-3-5-13(16)12(10)9-19/h6,10,12-13H,3-5,7-9,16H2,1-2H3. The zero-order valence-corrected chi connectivity index (χ0v) is 12.8. The molecule has 0 spiro atoms. The highest BCUT2D eigenvalue weighted by molar-refractivity contribution is 5.04. The van der Waals surface area contributed by atoms with E-state index in [1.807, 2.05) is 0 Å². The minimum absolute atomic E-state index is 0.235. The molecule has 0 aromatic carbocycles. The Kier molecular flexibility index (Phi) is 3.75. The van der Waals surface area contributed by atoms with Crippen LogP contribution >= 0.6 is 0 Å². The number of nitrogens with zero attached hydrogens (tertiary/aromatic N) is 3. The van der Waals surface area contributed by atoms with E-state index in [1.165, 1.54) is 19.9 Å². The maximum Gasteiger partial charge on any atom is 0.330 e. The second-order valence-electron chi connectivity index (χ2n) is 6.59. The quantitative estimate of drug-likeness (QED) is 0.808. The van der Waals surface area contributed by atoms with Crippen molar-refractivity contribution < 1.29 is 0 Å². The summed E-state index contributed by atoms with van der Waals surface area (Å²) < 4.78 is 2.71. The molecule has 0 radical (unpaired) electrons. The first kappa shape index (κ1) is 14.5. The molecule has 1 saturated heterocycles. The lowest BCUT2D eigenvalue weighted by atomic mass is 9.78. The van der Waals surface area contributed by atoms with Crippen molar-refractivity contribution in [1.82, 2.24) is 14.0 Å². The molecule has 3 rings (SSSR count). The van der Waals surface area contributed by atoms with Gasteiger partial charge in [0.05, 0.1) is 0 Å². The van der Waals surface area contributed by atoms with Gasteiger partial charge in [-0.05, 0) is 24.7 Å². The number of fused-ring (bicyclic) bond motifs is 1. The van der Waals surface area contributed by atoms with E-state index in [1.54, 1.807) is 17.7 Å². The van der Waals surface area contributed by atoms with Crippen LogP contribution in [0, 0.1) is 11.8 Å². The van der Waals surface area contributed by atoms with Crippen molar-refractivity contribution in [2.45, 2.75) is 31.8 Å². The highest BCUT2D eigenvalue weighted by atomic mass is 16.2. The van der Waals surface area contributed by atoms with E-state index < -0.39 is 0 Å². The molecular weight excluding hydrogens is 268 g/mol. The van der Waals surface area contributed by atoms with Crippen molar-refractivity contribution in [3.8, 4) is 0 Å². The van der Waals surface area contributed by atoms with Crippen molar-refractivity contribution in [3.05, 3.63) is 32.6 Å². The Morgan fingerprint density at radius 1 is 1.19 bits per heavy atom. The van der Waals surface area contributed by atoms with Crippen LogP contribution in [-0.4, -0.2) is 33.2 Å². The summed E-state index contributed by atoms with van der Waals surface area (Å²) in [7, 11) is 3.24. The fourth-order valence-corrected chi connectivity index (χ4v) is 3.90. The first-order chi connectivity index (χ1) is 9.97. The lowest BCUT2D eigenvalue weighted by Crippen LogP contribution is -2.39. The van der Waals surface area contributed by atoms with Gasteiger partial charge in [0.1, 0.15) is 0 Å². The highest BCUT2D eigenvalue weighted by Crippen LogP contribution is 2.35. The van der Waals surface area contributed by atoms with Crippen LogP contribution in [0.2, 0.25) is 0 Å². The summed E-state index contributed by atoms with van der Waals surface area (Å²) in [4.78, 5) is 26.1.